The van der Waals surface area contributed by atoms with E-state index in [4.69, 9.17) is 4.74 Å². The van der Waals surface area contributed by atoms with E-state index < -0.39 is 0 Å². The van der Waals surface area contributed by atoms with Crippen LogP contribution in [0.4, 0.5) is 0 Å². The Hall–Kier alpha value is -1.09. The number of allylic oxidation sites excluding steroid dienone is 1. The summed E-state index contributed by atoms with van der Waals surface area (Å²) in [7, 11) is 0. The average Bonchev–Trinajstić information content (AvgIpc) is 2.69. The third kappa shape index (κ3) is 1.87. The van der Waals surface area contributed by atoms with Crippen LogP contribution in [0.5, 0.6) is 0 Å². The van der Waals surface area contributed by atoms with Gasteiger partial charge in [-0.2, -0.15) is 0 Å². The number of halogens is 1. The number of carbonyl (C=O) groups excluding carboxylic acids is 1. The largest absolute Gasteiger partial charge is 0.489 e. The molecule has 1 heterocycles. The molecule has 0 unspecified atom stereocenters. The van der Waals surface area contributed by atoms with Gasteiger partial charge in [0.1, 0.15) is 0 Å². The highest BCUT2D eigenvalue weighted by molar-refractivity contribution is 9.10. The van der Waals surface area contributed by atoms with Gasteiger partial charge in [0.15, 0.2) is 5.76 Å². The molecule has 0 aliphatic carbocycles. The van der Waals surface area contributed by atoms with E-state index in [0.29, 0.717) is 17.9 Å². The molecule has 0 amide bonds. The summed E-state index contributed by atoms with van der Waals surface area (Å²) in [6.07, 6.45) is 2.66. The number of rotatable bonds is 2. The summed E-state index contributed by atoms with van der Waals surface area (Å²) < 4.78 is 6.11. The quantitative estimate of drug-likeness (QED) is 0.757. The fourth-order valence-corrected chi connectivity index (χ4v) is 1.75. The number of Topliss-reactive ketones (excluding diaryl/α,β-unsaturated/α-hetero) is 1. The molecule has 14 heavy (non-hydrogen) atoms. The minimum atomic E-state index is -0.0381. The first-order valence-electron chi connectivity index (χ1n) is 4.40. The van der Waals surface area contributed by atoms with Gasteiger partial charge in [0.05, 0.1) is 6.61 Å². The van der Waals surface area contributed by atoms with Crippen molar-refractivity contribution in [1.82, 2.24) is 0 Å². The van der Waals surface area contributed by atoms with Crippen molar-refractivity contribution in [1.29, 1.82) is 0 Å². The van der Waals surface area contributed by atoms with E-state index in [-0.39, 0.29) is 5.78 Å². The van der Waals surface area contributed by atoms with Crippen LogP contribution in [0.2, 0.25) is 0 Å². The molecule has 1 aliphatic rings. The number of hydrogen-bond donors (Lipinski definition) is 0. The average molecular weight is 253 g/mol. The Morgan fingerprint density at radius 3 is 2.93 bits per heavy atom. The van der Waals surface area contributed by atoms with Gasteiger partial charge in [-0.25, -0.2) is 0 Å². The Balaban J connectivity index is 2.27. The standard InChI is InChI=1S/C11H9BrO2/c12-9-4-1-3-8(7-9)11(13)10-5-2-6-14-10/h1,3-5,7H,2,6H2. The van der Waals surface area contributed by atoms with E-state index in [2.05, 4.69) is 15.9 Å². The number of hydrogen-bond acceptors (Lipinski definition) is 2. The molecule has 2 nitrogen and oxygen atoms in total. The van der Waals surface area contributed by atoms with Crippen LogP contribution in [0, 0.1) is 0 Å². The summed E-state index contributed by atoms with van der Waals surface area (Å²) in [6.45, 7) is 0.620. The molecule has 0 fully saturated rings. The first kappa shape index (κ1) is 9.46. The summed E-state index contributed by atoms with van der Waals surface area (Å²) >= 11 is 3.33. The molecule has 72 valence electrons. The lowest BCUT2D eigenvalue weighted by Gasteiger charge is -2.02. The number of carbonyl (C=O) groups is 1. The van der Waals surface area contributed by atoms with Crippen molar-refractivity contribution in [2.75, 3.05) is 6.61 Å². The normalized spacial score (nSPS) is 14.8. The summed E-state index contributed by atoms with van der Waals surface area (Å²) in [5.41, 5.74) is 0.660. The van der Waals surface area contributed by atoms with Crippen molar-refractivity contribution >= 4 is 21.7 Å². The van der Waals surface area contributed by atoms with Gasteiger partial charge in [-0.15, -0.1) is 0 Å². The van der Waals surface area contributed by atoms with Gasteiger partial charge < -0.3 is 4.74 Å². The van der Waals surface area contributed by atoms with Gasteiger partial charge in [0.2, 0.25) is 5.78 Å². The van der Waals surface area contributed by atoms with Crippen LogP contribution in [-0.4, -0.2) is 12.4 Å². The molecule has 1 aliphatic heterocycles. The summed E-state index contributed by atoms with van der Waals surface area (Å²) in [4.78, 5) is 11.8. The van der Waals surface area contributed by atoms with E-state index in [1.807, 2.05) is 18.2 Å². The predicted molar refractivity (Wildman–Crippen MR) is 57.1 cm³/mol. The fraction of sp³-hybridized carbons (Fsp3) is 0.182. The lowest BCUT2D eigenvalue weighted by atomic mass is 10.1. The smallest absolute Gasteiger partial charge is 0.227 e. The Morgan fingerprint density at radius 2 is 2.29 bits per heavy atom. The molecular formula is C11H9BrO2. The van der Waals surface area contributed by atoms with Crippen LogP contribution in [0.15, 0.2) is 40.6 Å². The number of ketones is 1. The molecule has 1 aromatic carbocycles. The van der Waals surface area contributed by atoms with Crippen LogP contribution in [0.25, 0.3) is 0 Å². The Kier molecular flexibility index (Phi) is 2.68. The zero-order valence-corrected chi connectivity index (χ0v) is 9.08. The summed E-state index contributed by atoms with van der Waals surface area (Å²) in [5.74, 6) is 0.437. The van der Waals surface area contributed by atoms with Gasteiger partial charge in [0, 0.05) is 16.5 Å². The van der Waals surface area contributed by atoms with Crippen LogP contribution < -0.4 is 0 Å². The Bertz CT molecular complexity index is 396. The maximum absolute atomic E-state index is 11.8. The number of ether oxygens (including phenoxy) is 1. The van der Waals surface area contributed by atoms with Crippen LogP contribution in [0.1, 0.15) is 16.8 Å². The second-order valence-corrected chi connectivity index (χ2v) is 3.96. The molecule has 3 heteroatoms. The highest BCUT2D eigenvalue weighted by Gasteiger charge is 2.16. The van der Waals surface area contributed by atoms with Crippen molar-refractivity contribution in [3.05, 3.63) is 46.1 Å². The molecule has 0 aromatic heterocycles. The molecule has 0 atom stereocenters. The van der Waals surface area contributed by atoms with Crippen molar-refractivity contribution in [2.24, 2.45) is 0 Å². The fourth-order valence-electron chi connectivity index (χ4n) is 1.35. The molecule has 0 spiro atoms. The van der Waals surface area contributed by atoms with Gasteiger partial charge in [-0.3, -0.25) is 4.79 Å². The molecule has 0 saturated heterocycles. The molecule has 0 saturated carbocycles. The van der Waals surface area contributed by atoms with Crippen LogP contribution >= 0.6 is 15.9 Å². The van der Waals surface area contributed by atoms with E-state index >= 15 is 0 Å². The molecule has 0 bridgehead atoms. The van der Waals surface area contributed by atoms with Gasteiger partial charge in [-0.05, 0) is 18.2 Å². The predicted octanol–water partition coefficient (Wildman–Crippen LogP) is 2.94. The minimum absolute atomic E-state index is 0.0381. The second-order valence-electron chi connectivity index (χ2n) is 3.04. The van der Waals surface area contributed by atoms with Crippen molar-refractivity contribution in [3.8, 4) is 0 Å². The monoisotopic (exact) mass is 252 g/mol. The summed E-state index contributed by atoms with van der Waals surface area (Å²) in [6, 6.07) is 7.31. The SMILES string of the molecule is O=C(C1=CCCO1)c1cccc(Br)c1. The first-order valence-corrected chi connectivity index (χ1v) is 5.20. The van der Waals surface area contributed by atoms with E-state index in [0.717, 1.165) is 10.9 Å². The number of benzene rings is 1. The van der Waals surface area contributed by atoms with Crippen LogP contribution in [0.3, 0.4) is 0 Å². The molecule has 0 radical (unpaired) electrons. The van der Waals surface area contributed by atoms with E-state index in [9.17, 15) is 4.79 Å². The lowest BCUT2D eigenvalue weighted by molar-refractivity contribution is 0.0942. The third-order valence-corrected chi connectivity index (χ3v) is 2.51. The maximum Gasteiger partial charge on any atom is 0.227 e. The second kappa shape index (κ2) is 3.96. The molecule has 2 rings (SSSR count). The zero-order chi connectivity index (χ0) is 9.97. The first-order chi connectivity index (χ1) is 6.77. The van der Waals surface area contributed by atoms with E-state index in [1.54, 1.807) is 12.1 Å². The third-order valence-electron chi connectivity index (χ3n) is 2.02. The van der Waals surface area contributed by atoms with Crippen LogP contribution in [-0.2, 0) is 4.74 Å². The lowest BCUT2D eigenvalue weighted by Crippen LogP contribution is -2.03. The van der Waals surface area contributed by atoms with Gasteiger partial charge in [0.25, 0.3) is 0 Å². The highest BCUT2D eigenvalue weighted by Crippen LogP contribution is 2.18. The van der Waals surface area contributed by atoms with E-state index in [1.165, 1.54) is 0 Å². The highest BCUT2D eigenvalue weighted by atomic mass is 79.9. The van der Waals surface area contributed by atoms with Gasteiger partial charge in [-0.1, -0.05) is 28.1 Å². The van der Waals surface area contributed by atoms with Crippen molar-refractivity contribution in [2.45, 2.75) is 6.42 Å². The van der Waals surface area contributed by atoms with Crippen molar-refractivity contribution in [3.63, 3.8) is 0 Å². The molecule has 0 N–H and O–H groups in total. The summed E-state index contributed by atoms with van der Waals surface area (Å²) in [5, 5.41) is 0. The minimum Gasteiger partial charge on any atom is -0.489 e. The molecular weight excluding hydrogens is 244 g/mol. The topological polar surface area (TPSA) is 26.3 Å². The van der Waals surface area contributed by atoms with Crippen molar-refractivity contribution < 1.29 is 9.53 Å². The zero-order valence-electron chi connectivity index (χ0n) is 7.50. The molecule has 1 aromatic rings. The maximum atomic E-state index is 11.8. The Morgan fingerprint density at radius 1 is 1.43 bits per heavy atom. The Labute approximate surface area is 90.7 Å². The van der Waals surface area contributed by atoms with Gasteiger partial charge >= 0.3 is 0 Å².